The first-order valence-electron chi connectivity index (χ1n) is 7.41. The SMILES string of the molecule is CC(C)(C)c1ccc(C(=O)N2CCCCC2CBr)cc1. The largest absolute Gasteiger partial charge is 0.335 e. The smallest absolute Gasteiger partial charge is 0.254 e. The Bertz CT molecular complexity index is 461. The maximum Gasteiger partial charge on any atom is 0.254 e. The van der Waals surface area contributed by atoms with E-state index in [9.17, 15) is 4.79 Å². The van der Waals surface area contributed by atoms with Crippen LogP contribution in [0.2, 0.25) is 0 Å². The predicted molar refractivity (Wildman–Crippen MR) is 87.6 cm³/mol. The van der Waals surface area contributed by atoms with Gasteiger partial charge in [0.15, 0.2) is 0 Å². The molecule has 1 aliphatic rings. The molecule has 1 aromatic carbocycles. The summed E-state index contributed by atoms with van der Waals surface area (Å²) in [6.07, 6.45) is 3.45. The summed E-state index contributed by atoms with van der Waals surface area (Å²) in [7, 11) is 0. The molecule has 1 fully saturated rings. The minimum atomic E-state index is 0.130. The zero-order valence-electron chi connectivity index (χ0n) is 12.7. The third-order valence-electron chi connectivity index (χ3n) is 4.06. The van der Waals surface area contributed by atoms with Gasteiger partial charge in [-0.25, -0.2) is 0 Å². The van der Waals surface area contributed by atoms with Crippen molar-refractivity contribution in [2.75, 3.05) is 11.9 Å². The molecule has 0 spiro atoms. The quantitative estimate of drug-likeness (QED) is 0.733. The second-order valence-corrected chi connectivity index (χ2v) is 7.28. The first-order valence-corrected chi connectivity index (χ1v) is 8.53. The maximum absolute atomic E-state index is 12.6. The summed E-state index contributed by atoms with van der Waals surface area (Å²) >= 11 is 3.54. The van der Waals surface area contributed by atoms with Gasteiger partial charge in [0, 0.05) is 23.5 Å². The number of benzene rings is 1. The lowest BCUT2D eigenvalue weighted by Crippen LogP contribution is -2.44. The summed E-state index contributed by atoms with van der Waals surface area (Å²) in [5.41, 5.74) is 2.21. The minimum absolute atomic E-state index is 0.130. The van der Waals surface area contributed by atoms with Crippen LogP contribution in [0.15, 0.2) is 24.3 Å². The molecule has 0 N–H and O–H groups in total. The molecule has 0 aliphatic carbocycles. The molecule has 1 aromatic rings. The van der Waals surface area contributed by atoms with Crippen LogP contribution in [0.25, 0.3) is 0 Å². The summed E-state index contributed by atoms with van der Waals surface area (Å²) in [5.74, 6) is 0.176. The highest BCUT2D eigenvalue weighted by molar-refractivity contribution is 9.09. The highest BCUT2D eigenvalue weighted by Gasteiger charge is 2.26. The van der Waals surface area contributed by atoms with Crippen LogP contribution in [0, 0.1) is 0 Å². The lowest BCUT2D eigenvalue weighted by Gasteiger charge is -2.35. The van der Waals surface area contributed by atoms with Crippen LogP contribution in [0.3, 0.4) is 0 Å². The Hall–Kier alpha value is -0.830. The summed E-state index contributed by atoms with van der Waals surface area (Å²) < 4.78 is 0. The van der Waals surface area contributed by atoms with E-state index in [2.05, 4.69) is 48.8 Å². The van der Waals surface area contributed by atoms with Gasteiger partial charge in [-0.2, -0.15) is 0 Å². The highest BCUT2D eigenvalue weighted by atomic mass is 79.9. The van der Waals surface area contributed by atoms with E-state index in [0.717, 1.165) is 30.3 Å². The van der Waals surface area contributed by atoms with Crippen molar-refractivity contribution in [3.05, 3.63) is 35.4 Å². The van der Waals surface area contributed by atoms with Crippen LogP contribution in [-0.4, -0.2) is 28.7 Å². The molecule has 1 saturated heterocycles. The third-order valence-corrected chi connectivity index (χ3v) is 4.81. The molecule has 1 heterocycles. The molecule has 20 heavy (non-hydrogen) atoms. The van der Waals surface area contributed by atoms with Gasteiger partial charge in [0.25, 0.3) is 5.91 Å². The summed E-state index contributed by atoms with van der Waals surface area (Å²) in [6, 6.07) is 8.46. The van der Waals surface area contributed by atoms with E-state index in [1.54, 1.807) is 0 Å². The van der Waals surface area contributed by atoms with E-state index >= 15 is 0 Å². The lowest BCUT2D eigenvalue weighted by atomic mass is 9.86. The van der Waals surface area contributed by atoms with Gasteiger partial charge in [0.05, 0.1) is 0 Å². The van der Waals surface area contributed by atoms with E-state index in [1.807, 2.05) is 17.0 Å². The van der Waals surface area contributed by atoms with Crippen molar-refractivity contribution in [1.82, 2.24) is 4.90 Å². The number of rotatable bonds is 2. The third kappa shape index (κ3) is 3.43. The number of nitrogens with zero attached hydrogens (tertiary/aromatic N) is 1. The van der Waals surface area contributed by atoms with Gasteiger partial charge >= 0.3 is 0 Å². The molecule has 1 unspecified atom stereocenters. The Morgan fingerprint density at radius 2 is 1.90 bits per heavy atom. The van der Waals surface area contributed by atoms with Crippen LogP contribution >= 0.6 is 15.9 Å². The number of amides is 1. The van der Waals surface area contributed by atoms with Crippen molar-refractivity contribution in [3.8, 4) is 0 Å². The number of alkyl halides is 1. The van der Waals surface area contributed by atoms with E-state index in [0.29, 0.717) is 6.04 Å². The van der Waals surface area contributed by atoms with Crippen molar-refractivity contribution < 1.29 is 4.79 Å². The lowest BCUT2D eigenvalue weighted by molar-refractivity contribution is 0.0642. The summed E-state index contributed by atoms with van der Waals surface area (Å²) in [5, 5.41) is 0.874. The number of hydrogen-bond donors (Lipinski definition) is 0. The second kappa shape index (κ2) is 6.30. The monoisotopic (exact) mass is 337 g/mol. The van der Waals surface area contributed by atoms with Crippen molar-refractivity contribution in [2.24, 2.45) is 0 Å². The van der Waals surface area contributed by atoms with E-state index in [-0.39, 0.29) is 11.3 Å². The fourth-order valence-corrected chi connectivity index (χ4v) is 3.38. The second-order valence-electron chi connectivity index (χ2n) is 6.63. The number of piperidine rings is 1. The van der Waals surface area contributed by atoms with Crippen molar-refractivity contribution in [1.29, 1.82) is 0 Å². The fraction of sp³-hybridized carbons (Fsp3) is 0.588. The Labute approximate surface area is 130 Å². The highest BCUT2D eigenvalue weighted by Crippen LogP contribution is 2.24. The van der Waals surface area contributed by atoms with Crippen molar-refractivity contribution in [3.63, 3.8) is 0 Å². The first-order chi connectivity index (χ1) is 9.43. The predicted octanol–water partition coefficient (Wildman–Crippen LogP) is 4.37. The standard InChI is InChI=1S/C17H24BrNO/c1-17(2,3)14-9-7-13(8-10-14)16(20)19-11-5-4-6-15(19)12-18/h7-10,15H,4-6,11-12H2,1-3H3. The number of carbonyl (C=O) groups is 1. The molecule has 0 aromatic heterocycles. The average molecular weight is 338 g/mol. The molecule has 110 valence electrons. The maximum atomic E-state index is 12.6. The van der Waals surface area contributed by atoms with E-state index < -0.39 is 0 Å². The number of hydrogen-bond acceptors (Lipinski definition) is 1. The van der Waals surface area contributed by atoms with Crippen LogP contribution in [0.5, 0.6) is 0 Å². The fourth-order valence-electron chi connectivity index (χ4n) is 2.71. The molecule has 2 nitrogen and oxygen atoms in total. The van der Waals surface area contributed by atoms with Gasteiger partial charge in [0.1, 0.15) is 0 Å². The van der Waals surface area contributed by atoms with Gasteiger partial charge < -0.3 is 4.90 Å². The zero-order valence-corrected chi connectivity index (χ0v) is 14.2. The van der Waals surface area contributed by atoms with Gasteiger partial charge in [0.2, 0.25) is 0 Å². The molecule has 2 rings (SSSR count). The van der Waals surface area contributed by atoms with Gasteiger partial charge in [-0.15, -0.1) is 0 Å². The van der Waals surface area contributed by atoms with E-state index in [4.69, 9.17) is 0 Å². The molecular formula is C17H24BrNO. The van der Waals surface area contributed by atoms with Crippen molar-refractivity contribution >= 4 is 21.8 Å². The molecule has 0 radical (unpaired) electrons. The van der Waals surface area contributed by atoms with Crippen molar-refractivity contribution in [2.45, 2.75) is 51.5 Å². The zero-order chi connectivity index (χ0) is 14.8. The molecule has 0 bridgehead atoms. The van der Waals surface area contributed by atoms with Gasteiger partial charge in [-0.1, -0.05) is 48.8 Å². The summed E-state index contributed by atoms with van der Waals surface area (Å²) in [6.45, 7) is 7.45. The Kier molecular flexibility index (Phi) is 4.90. The average Bonchev–Trinajstić information content (AvgIpc) is 2.45. The van der Waals surface area contributed by atoms with Crippen LogP contribution in [0.1, 0.15) is 56.0 Å². The minimum Gasteiger partial charge on any atom is -0.335 e. The Balaban J connectivity index is 2.16. The molecular weight excluding hydrogens is 314 g/mol. The molecule has 1 atom stereocenters. The number of likely N-dealkylation sites (tertiary alicyclic amines) is 1. The van der Waals surface area contributed by atoms with Gasteiger partial charge in [-0.3, -0.25) is 4.79 Å². The topological polar surface area (TPSA) is 20.3 Å². The van der Waals surface area contributed by atoms with Crippen LogP contribution in [-0.2, 0) is 5.41 Å². The van der Waals surface area contributed by atoms with Gasteiger partial charge in [-0.05, 0) is 42.4 Å². The van der Waals surface area contributed by atoms with E-state index in [1.165, 1.54) is 12.0 Å². The normalized spacial score (nSPS) is 20.0. The molecule has 3 heteroatoms. The molecule has 0 saturated carbocycles. The first kappa shape index (κ1) is 15.6. The Morgan fingerprint density at radius 3 is 2.45 bits per heavy atom. The number of carbonyl (C=O) groups excluding carboxylic acids is 1. The number of halogens is 1. The Morgan fingerprint density at radius 1 is 1.25 bits per heavy atom. The molecule has 1 amide bonds. The molecule has 1 aliphatic heterocycles. The van der Waals surface area contributed by atoms with Crippen LogP contribution in [0.4, 0.5) is 0 Å². The van der Waals surface area contributed by atoms with Crippen LogP contribution < -0.4 is 0 Å². The summed E-state index contributed by atoms with van der Waals surface area (Å²) in [4.78, 5) is 14.7.